The second kappa shape index (κ2) is 4.98. The van der Waals surface area contributed by atoms with E-state index in [9.17, 15) is 0 Å². The molecule has 2 heteroatoms. The van der Waals surface area contributed by atoms with E-state index in [1.54, 1.807) is 0 Å². The molecule has 0 saturated carbocycles. The predicted octanol–water partition coefficient (Wildman–Crippen LogP) is 2.79. The number of nitrogens with two attached hydrogens (primary N) is 1. The molecule has 0 bridgehead atoms. The standard InChI is InChI=1S/C14H24N2/c1-14(2,3)13(16(4)5)12-8-6-11(10-15)7-9-12/h6-9,13H,10,15H2,1-5H3. The van der Waals surface area contributed by atoms with Crippen LogP contribution >= 0.6 is 0 Å². The molecule has 2 nitrogen and oxygen atoms in total. The lowest BCUT2D eigenvalue weighted by atomic mass is 9.81. The highest BCUT2D eigenvalue weighted by Crippen LogP contribution is 2.36. The average Bonchev–Trinajstić information content (AvgIpc) is 2.16. The second-order valence-electron chi connectivity index (χ2n) is 5.68. The van der Waals surface area contributed by atoms with Crippen molar-refractivity contribution in [2.45, 2.75) is 33.4 Å². The summed E-state index contributed by atoms with van der Waals surface area (Å²) in [5.41, 5.74) is 8.39. The second-order valence-corrected chi connectivity index (χ2v) is 5.68. The van der Waals surface area contributed by atoms with Gasteiger partial charge in [-0.3, -0.25) is 0 Å². The minimum Gasteiger partial charge on any atom is -0.326 e. The highest BCUT2D eigenvalue weighted by Gasteiger charge is 2.27. The van der Waals surface area contributed by atoms with Crippen molar-refractivity contribution >= 4 is 0 Å². The maximum atomic E-state index is 5.61. The van der Waals surface area contributed by atoms with E-state index in [0.29, 0.717) is 12.6 Å². The van der Waals surface area contributed by atoms with Crippen LogP contribution in [-0.4, -0.2) is 19.0 Å². The van der Waals surface area contributed by atoms with Crippen molar-refractivity contribution in [3.8, 4) is 0 Å². The smallest absolute Gasteiger partial charge is 0.0390 e. The Balaban J connectivity index is 3.03. The summed E-state index contributed by atoms with van der Waals surface area (Å²) in [7, 11) is 4.26. The quantitative estimate of drug-likeness (QED) is 0.848. The fourth-order valence-corrected chi connectivity index (χ4v) is 2.41. The Morgan fingerprint density at radius 3 is 1.94 bits per heavy atom. The van der Waals surface area contributed by atoms with E-state index in [1.807, 2.05) is 0 Å². The van der Waals surface area contributed by atoms with Crippen LogP contribution in [0.15, 0.2) is 24.3 Å². The van der Waals surface area contributed by atoms with Gasteiger partial charge < -0.3 is 10.6 Å². The predicted molar refractivity (Wildman–Crippen MR) is 70.2 cm³/mol. The van der Waals surface area contributed by atoms with Crippen LogP contribution in [-0.2, 0) is 6.54 Å². The van der Waals surface area contributed by atoms with Gasteiger partial charge in [-0.15, -0.1) is 0 Å². The van der Waals surface area contributed by atoms with Crippen molar-refractivity contribution in [3.63, 3.8) is 0 Å². The zero-order chi connectivity index (χ0) is 12.3. The molecule has 1 aromatic rings. The van der Waals surface area contributed by atoms with Gasteiger partial charge in [0.1, 0.15) is 0 Å². The van der Waals surface area contributed by atoms with E-state index < -0.39 is 0 Å². The van der Waals surface area contributed by atoms with Crippen molar-refractivity contribution in [3.05, 3.63) is 35.4 Å². The van der Waals surface area contributed by atoms with Gasteiger partial charge in [0.25, 0.3) is 0 Å². The van der Waals surface area contributed by atoms with Gasteiger partial charge in [-0.05, 0) is 30.6 Å². The van der Waals surface area contributed by atoms with Gasteiger partial charge in [-0.1, -0.05) is 45.0 Å². The minimum absolute atomic E-state index is 0.230. The third-order valence-corrected chi connectivity index (χ3v) is 2.87. The monoisotopic (exact) mass is 220 g/mol. The Bertz CT molecular complexity index is 320. The first-order chi connectivity index (χ1) is 7.36. The molecule has 2 N–H and O–H groups in total. The van der Waals surface area contributed by atoms with Gasteiger partial charge in [-0.25, -0.2) is 0 Å². The summed E-state index contributed by atoms with van der Waals surface area (Å²) in [5, 5.41) is 0. The van der Waals surface area contributed by atoms with E-state index in [4.69, 9.17) is 5.73 Å². The van der Waals surface area contributed by atoms with E-state index in [-0.39, 0.29) is 5.41 Å². The Labute approximate surface area is 99.5 Å². The lowest BCUT2D eigenvalue weighted by molar-refractivity contribution is 0.154. The first-order valence-electron chi connectivity index (χ1n) is 5.81. The van der Waals surface area contributed by atoms with Crippen LogP contribution in [0.25, 0.3) is 0 Å². The van der Waals surface area contributed by atoms with Crippen LogP contribution in [0.2, 0.25) is 0 Å². The van der Waals surface area contributed by atoms with Gasteiger partial charge in [0.05, 0.1) is 0 Å². The van der Waals surface area contributed by atoms with Crippen molar-refractivity contribution in [1.29, 1.82) is 0 Å². The summed E-state index contributed by atoms with van der Waals surface area (Å²) in [6.45, 7) is 7.43. The Hall–Kier alpha value is -0.860. The maximum absolute atomic E-state index is 5.61. The van der Waals surface area contributed by atoms with Gasteiger partial charge in [0.2, 0.25) is 0 Å². The fraction of sp³-hybridized carbons (Fsp3) is 0.571. The lowest BCUT2D eigenvalue weighted by Crippen LogP contribution is -2.31. The number of nitrogens with zero attached hydrogens (tertiary/aromatic N) is 1. The molecule has 1 unspecified atom stereocenters. The number of rotatable bonds is 3. The highest BCUT2D eigenvalue weighted by molar-refractivity contribution is 5.26. The van der Waals surface area contributed by atoms with Crippen LogP contribution < -0.4 is 5.73 Å². The van der Waals surface area contributed by atoms with E-state index in [1.165, 1.54) is 11.1 Å². The molecule has 0 spiro atoms. The molecule has 1 atom stereocenters. The van der Waals surface area contributed by atoms with Gasteiger partial charge >= 0.3 is 0 Å². The number of benzene rings is 1. The number of hydrogen-bond acceptors (Lipinski definition) is 2. The Kier molecular flexibility index (Phi) is 4.11. The van der Waals surface area contributed by atoms with Gasteiger partial charge in [0.15, 0.2) is 0 Å². The van der Waals surface area contributed by atoms with E-state index in [2.05, 4.69) is 64.0 Å². The fourth-order valence-electron chi connectivity index (χ4n) is 2.41. The SMILES string of the molecule is CN(C)C(c1ccc(CN)cc1)C(C)(C)C. The molecular weight excluding hydrogens is 196 g/mol. The third-order valence-electron chi connectivity index (χ3n) is 2.87. The van der Waals surface area contributed by atoms with E-state index >= 15 is 0 Å². The Morgan fingerprint density at radius 1 is 1.12 bits per heavy atom. The number of hydrogen-bond donors (Lipinski definition) is 1. The lowest BCUT2D eigenvalue weighted by Gasteiger charge is -2.36. The molecule has 16 heavy (non-hydrogen) atoms. The molecule has 1 rings (SSSR count). The molecular formula is C14H24N2. The topological polar surface area (TPSA) is 29.3 Å². The van der Waals surface area contributed by atoms with Crippen molar-refractivity contribution in [1.82, 2.24) is 4.90 Å². The minimum atomic E-state index is 0.230. The molecule has 0 amide bonds. The summed E-state index contributed by atoms with van der Waals surface area (Å²) < 4.78 is 0. The largest absolute Gasteiger partial charge is 0.326 e. The molecule has 0 aliphatic carbocycles. The first kappa shape index (κ1) is 13.2. The van der Waals surface area contributed by atoms with Crippen LogP contribution in [0, 0.1) is 5.41 Å². The molecule has 1 aromatic carbocycles. The highest BCUT2D eigenvalue weighted by atomic mass is 15.1. The van der Waals surface area contributed by atoms with Gasteiger partial charge in [0, 0.05) is 12.6 Å². The van der Waals surface area contributed by atoms with Crippen molar-refractivity contribution < 1.29 is 0 Å². The molecule has 0 radical (unpaired) electrons. The van der Waals surface area contributed by atoms with Gasteiger partial charge in [-0.2, -0.15) is 0 Å². The molecule has 0 fully saturated rings. The summed E-state index contributed by atoms with van der Waals surface area (Å²) in [4.78, 5) is 2.28. The molecule has 0 aliphatic rings. The molecule has 0 saturated heterocycles. The summed E-state index contributed by atoms with van der Waals surface area (Å²) >= 11 is 0. The zero-order valence-electron chi connectivity index (χ0n) is 11.1. The normalized spacial score (nSPS) is 14.2. The maximum Gasteiger partial charge on any atom is 0.0390 e. The molecule has 0 aliphatic heterocycles. The van der Waals surface area contributed by atoms with Crippen LogP contribution in [0.4, 0.5) is 0 Å². The van der Waals surface area contributed by atoms with Crippen molar-refractivity contribution in [2.24, 2.45) is 11.1 Å². The van der Waals surface area contributed by atoms with E-state index in [0.717, 1.165) is 0 Å². The van der Waals surface area contributed by atoms with Crippen LogP contribution in [0.3, 0.4) is 0 Å². The summed E-state index contributed by atoms with van der Waals surface area (Å²) in [5.74, 6) is 0. The van der Waals surface area contributed by atoms with Crippen molar-refractivity contribution in [2.75, 3.05) is 14.1 Å². The molecule has 0 heterocycles. The van der Waals surface area contributed by atoms with Crippen LogP contribution in [0.5, 0.6) is 0 Å². The Morgan fingerprint density at radius 2 is 1.62 bits per heavy atom. The summed E-state index contributed by atoms with van der Waals surface area (Å²) in [6, 6.07) is 9.06. The zero-order valence-corrected chi connectivity index (χ0v) is 11.1. The first-order valence-corrected chi connectivity index (χ1v) is 5.81. The molecule has 0 aromatic heterocycles. The summed E-state index contributed by atoms with van der Waals surface area (Å²) in [6.07, 6.45) is 0. The molecule has 90 valence electrons. The third kappa shape index (κ3) is 3.06. The van der Waals surface area contributed by atoms with Crippen LogP contribution in [0.1, 0.15) is 37.9 Å². The average molecular weight is 220 g/mol.